The normalized spacial score (nSPS) is 13.6. The van der Waals surface area contributed by atoms with Gasteiger partial charge >= 0.3 is 0 Å². The third-order valence-corrected chi connectivity index (χ3v) is 4.73. The largest absolute Gasteiger partial charge is 0.144 e. The Morgan fingerprint density at radius 2 is 1.86 bits per heavy atom. The number of thiophene rings is 1. The van der Waals surface area contributed by atoms with E-state index in [-0.39, 0.29) is 5.38 Å². The van der Waals surface area contributed by atoms with Crippen molar-refractivity contribution in [1.82, 2.24) is 0 Å². The first-order chi connectivity index (χ1) is 6.60. The van der Waals surface area contributed by atoms with Gasteiger partial charge in [0.2, 0.25) is 0 Å². The minimum absolute atomic E-state index is 0.212. The average molecular weight is 231 g/mol. The molecule has 0 aliphatic carbocycles. The van der Waals surface area contributed by atoms with Gasteiger partial charge in [-0.15, -0.1) is 22.9 Å². The molecular formula is C12H19ClS. The first kappa shape index (κ1) is 12.1. The van der Waals surface area contributed by atoms with Crippen molar-refractivity contribution < 1.29 is 0 Å². The highest BCUT2D eigenvalue weighted by atomic mass is 35.5. The molecule has 0 nitrogen and oxygen atoms in total. The van der Waals surface area contributed by atoms with Crippen molar-refractivity contribution in [2.45, 2.75) is 45.9 Å². The molecule has 1 aromatic rings. The summed E-state index contributed by atoms with van der Waals surface area (Å²) in [6.07, 6.45) is 2.34. The van der Waals surface area contributed by atoms with Crippen LogP contribution >= 0.6 is 22.9 Å². The van der Waals surface area contributed by atoms with Crippen molar-refractivity contribution >= 4 is 22.9 Å². The predicted molar refractivity (Wildman–Crippen MR) is 66.5 cm³/mol. The van der Waals surface area contributed by atoms with Crippen LogP contribution in [0.4, 0.5) is 0 Å². The number of aryl methyl sites for hydroxylation is 2. The van der Waals surface area contributed by atoms with Crippen LogP contribution in [0.25, 0.3) is 0 Å². The smallest absolute Gasteiger partial charge is 0.0709 e. The van der Waals surface area contributed by atoms with Crippen LogP contribution in [0.5, 0.6) is 0 Å². The number of halogens is 1. The second-order valence-corrected chi connectivity index (χ2v) is 5.64. The van der Waals surface area contributed by atoms with Crippen molar-refractivity contribution in [3.05, 3.63) is 21.4 Å². The summed E-state index contributed by atoms with van der Waals surface area (Å²) < 4.78 is 0. The molecule has 0 saturated heterocycles. The standard InChI is InChI=1S/C12H19ClS/c1-5-10(6-2)11(13)12-8(3)7-9(4)14-12/h7,10-11H,5-6H2,1-4H3. The van der Waals surface area contributed by atoms with Gasteiger partial charge in [-0.05, 0) is 31.4 Å². The molecular weight excluding hydrogens is 212 g/mol. The molecule has 0 aliphatic heterocycles. The Morgan fingerprint density at radius 1 is 1.29 bits per heavy atom. The van der Waals surface area contributed by atoms with Crippen molar-refractivity contribution in [3.63, 3.8) is 0 Å². The molecule has 2 heteroatoms. The van der Waals surface area contributed by atoms with Gasteiger partial charge in [-0.25, -0.2) is 0 Å². The van der Waals surface area contributed by atoms with E-state index in [1.54, 1.807) is 0 Å². The van der Waals surface area contributed by atoms with Crippen molar-refractivity contribution in [2.24, 2.45) is 5.92 Å². The molecule has 1 rings (SSSR count). The SMILES string of the molecule is CCC(CC)C(Cl)c1sc(C)cc1C. The molecule has 14 heavy (non-hydrogen) atoms. The molecule has 0 aliphatic rings. The molecule has 0 spiro atoms. The summed E-state index contributed by atoms with van der Waals surface area (Å²) in [5.41, 5.74) is 1.36. The number of rotatable bonds is 4. The van der Waals surface area contributed by atoms with Gasteiger partial charge in [0.1, 0.15) is 0 Å². The van der Waals surface area contributed by atoms with Crippen LogP contribution in [0.3, 0.4) is 0 Å². The summed E-state index contributed by atoms with van der Waals surface area (Å²) in [6.45, 7) is 8.76. The Morgan fingerprint density at radius 3 is 2.21 bits per heavy atom. The Balaban J connectivity index is 2.87. The molecule has 0 bridgehead atoms. The van der Waals surface area contributed by atoms with Gasteiger partial charge in [0.25, 0.3) is 0 Å². The molecule has 80 valence electrons. The van der Waals surface area contributed by atoms with Gasteiger partial charge < -0.3 is 0 Å². The van der Waals surface area contributed by atoms with Gasteiger partial charge in [-0.3, -0.25) is 0 Å². The molecule has 0 amide bonds. The second kappa shape index (κ2) is 5.18. The van der Waals surface area contributed by atoms with E-state index < -0.39 is 0 Å². The topological polar surface area (TPSA) is 0 Å². The zero-order valence-electron chi connectivity index (χ0n) is 9.43. The van der Waals surface area contributed by atoms with Crippen molar-refractivity contribution in [2.75, 3.05) is 0 Å². The summed E-state index contributed by atoms with van der Waals surface area (Å²) in [6, 6.07) is 2.23. The first-order valence-electron chi connectivity index (χ1n) is 5.31. The lowest BCUT2D eigenvalue weighted by Gasteiger charge is -2.18. The molecule has 1 unspecified atom stereocenters. The lowest BCUT2D eigenvalue weighted by molar-refractivity contribution is 0.479. The van der Waals surface area contributed by atoms with E-state index in [0.717, 1.165) is 0 Å². The molecule has 0 radical (unpaired) electrons. The van der Waals surface area contributed by atoms with E-state index >= 15 is 0 Å². The van der Waals surface area contributed by atoms with Crippen molar-refractivity contribution in [3.8, 4) is 0 Å². The Labute approximate surface area is 96.3 Å². The Bertz CT molecular complexity index is 287. The highest BCUT2D eigenvalue weighted by Crippen LogP contribution is 2.39. The number of hydrogen-bond acceptors (Lipinski definition) is 1. The van der Waals surface area contributed by atoms with Crippen LogP contribution in [-0.4, -0.2) is 0 Å². The highest BCUT2D eigenvalue weighted by Gasteiger charge is 2.21. The number of alkyl halides is 1. The van der Waals surface area contributed by atoms with Gasteiger partial charge in [-0.2, -0.15) is 0 Å². The zero-order chi connectivity index (χ0) is 10.7. The lowest BCUT2D eigenvalue weighted by Crippen LogP contribution is -2.05. The maximum absolute atomic E-state index is 6.50. The van der Waals surface area contributed by atoms with Crippen molar-refractivity contribution in [1.29, 1.82) is 0 Å². The fraction of sp³-hybridized carbons (Fsp3) is 0.667. The summed E-state index contributed by atoms with van der Waals surface area (Å²) in [5, 5.41) is 0.212. The summed E-state index contributed by atoms with van der Waals surface area (Å²) >= 11 is 8.35. The van der Waals surface area contributed by atoms with E-state index in [2.05, 4.69) is 33.8 Å². The summed E-state index contributed by atoms with van der Waals surface area (Å²) in [7, 11) is 0. The number of hydrogen-bond donors (Lipinski definition) is 0. The van der Waals surface area contributed by atoms with Crippen LogP contribution < -0.4 is 0 Å². The van der Waals surface area contributed by atoms with Crippen LogP contribution in [0.2, 0.25) is 0 Å². The maximum atomic E-state index is 6.50. The van der Waals surface area contributed by atoms with Gasteiger partial charge in [0.05, 0.1) is 5.38 Å². The minimum Gasteiger partial charge on any atom is -0.144 e. The fourth-order valence-electron chi connectivity index (χ4n) is 1.85. The average Bonchev–Trinajstić information content (AvgIpc) is 2.47. The highest BCUT2D eigenvalue weighted by molar-refractivity contribution is 7.12. The van der Waals surface area contributed by atoms with Crippen LogP contribution in [0.1, 0.15) is 47.4 Å². The molecule has 1 aromatic heterocycles. The van der Waals surface area contributed by atoms with Crippen LogP contribution in [-0.2, 0) is 0 Å². The summed E-state index contributed by atoms with van der Waals surface area (Å²) in [5.74, 6) is 0.619. The quantitative estimate of drug-likeness (QED) is 0.633. The molecule has 1 atom stereocenters. The zero-order valence-corrected chi connectivity index (χ0v) is 11.0. The van der Waals surface area contributed by atoms with E-state index in [9.17, 15) is 0 Å². The van der Waals surface area contributed by atoms with E-state index in [4.69, 9.17) is 11.6 Å². The minimum atomic E-state index is 0.212. The first-order valence-corrected chi connectivity index (χ1v) is 6.56. The lowest BCUT2D eigenvalue weighted by atomic mass is 9.97. The van der Waals surface area contributed by atoms with Gasteiger partial charge in [0, 0.05) is 9.75 Å². The third-order valence-electron chi connectivity index (χ3n) is 2.79. The molecule has 1 heterocycles. The van der Waals surface area contributed by atoms with Gasteiger partial charge in [-0.1, -0.05) is 26.7 Å². The third kappa shape index (κ3) is 2.52. The second-order valence-electron chi connectivity index (χ2n) is 3.88. The van der Waals surface area contributed by atoms with Gasteiger partial charge in [0.15, 0.2) is 0 Å². The Kier molecular flexibility index (Phi) is 4.46. The van der Waals surface area contributed by atoms with Crippen LogP contribution in [0, 0.1) is 19.8 Å². The van der Waals surface area contributed by atoms with E-state index in [1.165, 1.54) is 28.2 Å². The molecule has 0 N–H and O–H groups in total. The monoisotopic (exact) mass is 230 g/mol. The molecule has 0 fully saturated rings. The maximum Gasteiger partial charge on any atom is 0.0709 e. The van der Waals surface area contributed by atoms with E-state index in [1.807, 2.05) is 11.3 Å². The molecule has 0 aromatic carbocycles. The fourth-order valence-corrected chi connectivity index (χ4v) is 3.62. The molecule has 0 saturated carbocycles. The predicted octanol–water partition coefficient (Wildman–Crippen LogP) is 5.08. The Hall–Kier alpha value is -0.0100. The summed E-state index contributed by atoms with van der Waals surface area (Å²) in [4.78, 5) is 2.74. The van der Waals surface area contributed by atoms with E-state index in [0.29, 0.717) is 5.92 Å². The van der Waals surface area contributed by atoms with Crippen LogP contribution in [0.15, 0.2) is 6.07 Å².